The molecule has 0 bridgehead atoms. The highest BCUT2D eigenvalue weighted by Gasteiger charge is 2.11. The molecule has 2 aromatic rings. The Hall–Kier alpha value is -3.29. The molecule has 0 radical (unpaired) electrons. The first kappa shape index (κ1) is 18.1. The van der Waals surface area contributed by atoms with Gasteiger partial charge in [0, 0.05) is 5.69 Å². The summed E-state index contributed by atoms with van der Waals surface area (Å²) in [6, 6.07) is 10.6. The van der Waals surface area contributed by atoms with E-state index >= 15 is 0 Å². The second kappa shape index (κ2) is 8.53. The van der Waals surface area contributed by atoms with Crippen molar-refractivity contribution in [2.75, 3.05) is 31.5 Å². The van der Waals surface area contributed by atoms with Crippen LogP contribution in [0.3, 0.4) is 0 Å². The molecule has 0 aliphatic rings. The van der Waals surface area contributed by atoms with Gasteiger partial charge in [0.05, 0.1) is 19.9 Å². The molecule has 0 heterocycles. The van der Waals surface area contributed by atoms with Crippen molar-refractivity contribution in [2.24, 2.45) is 0 Å². The third kappa shape index (κ3) is 5.10. The largest absolute Gasteiger partial charge is 0.493 e. The Labute approximate surface area is 143 Å². The maximum Gasteiger partial charge on any atom is 0.411 e. The number of para-hydroxylation sites is 2. The molecule has 0 spiro atoms. The number of rotatable bonds is 6. The zero-order chi connectivity index (χ0) is 18.2. The smallest absolute Gasteiger partial charge is 0.411 e. The van der Waals surface area contributed by atoms with Gasteiger partial charge in [0.1, 0.15) is 5.82 Å². The van der Waals surface area contributed by atoms with E-state index in [9.17, 15) is 14.0 Å². The number of carbonyl (C=O) groups excluding carboxylic acids is 2. The molecule has 0 aliphatic heterocycles. The van der Waals surface area contributed by atoms with Crippen LogP contribution in [-0.2, 0) is 9.53 Å². The van der Waals surface area contributed by atoms with E-state index in [1.807, 2.05) is 0 Å². The molecule has 0 saturated heterocycles. The lowest BCUT2D eigenvalue weighted by molar-refractivity contribution is -0.118. The standard InChI is InChI=1S/C17H17FN2O5/c1-23-14-5-3-4-6-15(14)25-10-16(21)19-11-7-8-12(18)13(9-11)20-17(22)24-2/h3-9H,10H2,1-2H3,(H,19,21)(H,20,22). The number of hydrogen-bond acceptors (Lipinski definition) is 5. The minimum absolute atomic E-state index is 0.115. The molecule has 2 aromatic carbocycles. The number of halogens is 1. The quantitative estimate of drug-likeness (QED) is 0.838. The van der Waals surface area contributed by atoms with E-state index in [0.29, 0.717) is 17.2 Å². The zero-order valence-corrected chi connectivity index (χ0v) is 13.7. The number of anilines is 2. The highest BCUT2D eigenvalue weighted by molar-refractivity contribution is 5.93. The van der Waals surface area contributed by atoms with Gasteiger partial charge in [-0.25, -0.2) is 9.18 Å². The summed E-state index contributed by atoms with van der Waals surface area (Å²) >= 11 is 0. The minimum Gasteiger partial charge on any atom is -0.493 e. The van der Waals surface area contributed by atoms with Gasteiger partial charge in [-0.05, 0) is 30.3 Å². The van der Waals surface area contributed by atoms with Crippen LogP contribution in [0.2, 0.25) is 0 Å². The van der Waals surface area contributed by atoms with Gasteiger partial charge in [0.2, 0.25) is 0 Å². The summed E-state index contributed by atoms with van der Waals surface area (Å²) in [5, 5.41) is 4.76. The number of nitrogens with one attached hydrogen (secondary N) is 2. The van der Waals surface area contributed by atoms with Crippen LogP contribution in [0.15, 0.2) is 42.5 Å². The summed E-state index contributed by atoms with van der Waals surface area (Å²) in [6.45, 7) is -0.266. The molecule has 2 rings (SSSR count). The van der Waals surface area contributed by atoms with Crippen LogP contribution in [0.25, 0.3) is 0 Å². The van der Waals surface area contributed by atoms with E-state index in [-0.39, 0.29) is 12.3 Å². The lowest BCUT2D eigenvalue weighted by Crippen LogP contribution is -2.20. The van der Waals surface area contributed by atoms with Crippen molar-refractivity contribution in [3.63, 3.8) is 0 Å². The van der Waals surface area contributed by atoms with Crippen LogP contribution in [0.1, 0.15) is 0 Å². The molecule has 8 heteroatoms. The van der Waals surface area contributed by atoms with Crippen LogP contribution >= 0.6 is 0 Å². The van der Waals surface area contributed by atoms with Crippen LogP contribution in [0.5, 0.6) is 11.5 Å². The van der Waals surface area contributed by atoms with Crippen LogP contribution in [0, 0.1) is 5.82 Å². The van der Waals surface area contributed by atoms with Crippen molar-refractivity contribution in [1.82, 2.24) is 0 Å². The summed E-state index contributed by atoms with van der Waals surface area (Å²) in [4.78, 5) is 23.1. The highest BCUT2D eigenvalue weighted by Crippen LogP contribution is 2.25. The van der Waals surface area contributed by atoms with Crippen LogP contribution in [-0.4, -0.2) is 32.8 Å². The van der Waals surface area contributed by atoms with E-state index < -0.39 is 17.8 Å². The molecule has 25 heavy (non-hydrogen) atoms. The summed E-state index contributed by atoms with van der Waals surface area (Å²) in [5.41, 5.74) is 0.178. The molecular formula is C17H17FN2O5. The van der Waals surface area contributed by atoms with Gasteiger partial charge in [0.15, 0.2) is 18.1 Å². The molecule has 0 aromatic heterocycles. The van der Waals surface area contributed by atoms with Crippen molar-refractivity contribution in [1.29, 1.82) is 0 Å². The number of benzene rings is 2. The number of amides is 2. The zero-order valence-electron chi connectivity index (χ0n) is 13.7. The predicted octanol–water partition coefficient (Wildman–Crippen LogP) is 3.03. The molecule has 132 valence electrons. The average molecular weight is 348 g/mol. The molecule has 0 saturated carbocycles. The van der Waals surface area contributed by atoms with E-state index in [4.69, 9.17) is 9.47 Å². The fourth-order valence-corrected chi connectivity index (χ4v) is 1.94. The third-order valence-corrected chi connectivity index (χ3v) is 3.10. The fraction of sp³-hybridized carbons (Fsp3) is 0.176. The van der Waals surface area contributed by atoms with Gasteiger partial charge in [-0.15, -0.1) is 0 Å². The molecule has 2 amide bonds. The maximum absolute atomic E-state index is 13.6. The van der Waals surface area contributed by atoms with E-state index in [2.05, 4.69) is 15.4 Å². The maximum atomic E-state index is 13.6. The lowest BCUT2D eigenvalue weighted by atomic mass is 10.2. The Morgan fingerprint density at radius 2 is 1.76 bits per heavy atom. The summed E-state index contributed by atoms with van der Waals surface area (Å²) in [7, 11) is 2.66. The van der Waals surface area contributed by atoms with Crippen LogP contribution in [0.4, 0.5) is 20.6 Å². The van der Waals surface area contributed by atoms with Crippen molar-refractivity contribution in [2.45, 2.75) is 0 Å². The van der Waals surface area contributed by atoms with Crippen molar-refractivity contribution in [3.8, 4) is 11.5 Å². The Kier molecular flexibility index (Phi) is 6.16. The van der Waals surface area contributed by atoms with Gasteiger partial charge in [-0.2, -0.15) is 0 Å². The summed E-state index contributed by atoms with van der Waals surface area (Å²) < 4.78 is 28.6. The third-order valence-electron chi connectivity index (χ3n) is 3.10. The SMILES string of the molecule is COC(=O)Nc1cc(NC(=O)COc2ccccc2OC)ccc1F. The first-order chi connectivity index (χ1) is 12.0. The van der Waals surface area contributed by atoms with E-state index in [1.165, 1.54) is 19.2 Å². The molecule has 7 nitrogen and oxygen atoms in total. The van der Waals surface area contributed by atoms with Gasteiger partial charge < -0.3 is 19.5 Å². The predicted molar refractivity (Wildman–Crippen MR) is 89.5 cm³/mol. The van der Waals surface area contributed by atoms with Crippen molar-refractivity contribution in [3.05, 3.63) is 48.3 Å². The molecule has 0 atom stereocenters. The van der Waals surface area contributed by atoms with Gasteiger partial charge in [-0.3, -0.25) is 10.1 Å². The first-order valence-electron chi connectivity index (χ1n) is 7.23. The van der Waals surface area contributed by atoms with Crippen molar-refractivity contribution >= 4 is 23.4 Å². The second-order valence-electron chi connectivity index (χ2n) is 4.80. The molecular weight excluding hydrogens is 331 g/mol. The highest BCUT2D eigenvalue weighted by atomic mass is 19.1. The summed E-state index contributed by atoms with van der Waals surface area (Å²) in [6.07, 6.45) is -0.818. The normalized spacial score (nSPS) is 9.88. The Morgan fingerprint density at radius 3 is 2.44 bits per heavy atom. The molecule has 0 aliphatic carbocycles. The molecule has 0 unspecified atom stereocenters. The molecule has 2 N–H and O–H groups in total. The second-order valence-corrected chi connectivity index (χ2v) is 4.80. The lowest BCUT2D eigenvalue weighted by Gasteiger charge is -2.11. The minimum atomic E-state index is -0.818. The monoisotopic (exact) mass is 348 g/mol. The van der Waals surface area contributed by atoms with Crippen molar-refractivity contribution < 1.29 is 28.2 Å². The Balaban J connectivity index is 1.98. The first-order valence-corrected chi connectivity index (χ1v) is 7.23. The average Bonchev–Trinajstić information content (AvgIpc) is 2.62. The number of carbonyl (C=O) groups is 2. The number of hydrogen-bond donors (Lipinski definition) is 2. The molecule has 0 fully saturated rings. The number of methoxy groups -OCH3 is 2. The van der Waals surface area contributed by atoms with Gasteiger partial charge >= 0.3 is 6.09 Å². The topological polar surface area (TPSA) is 85.9 Å². The van der Waals surface area contributed by atoms with E-state index in [0.717, 1.165) is 13.2 Å². The fourth-order valence-electron chi connectivity index (χ4n) is 1.94. The van der Waals surface area contributed by atoms with Crippen LogP contribution < -0.4 is 20.1 Å². The number of ether oxygens (including phenoxy) is 3. The van der Waals surface area contributed by atoms with Gasteiger partial charge in [0.25, 0.3) is 5.91 Å². The Bertz CT molecular complexity index is 766. The Morgan fingerprint density at radius 1 is 1.04 bits per heavy atom. The summed E-state index contributed by atoms with van der Waals surface area (Å²) in [5.74, 6) is -0.191. The van der Waals surface area contributed by atoms with Gasteiger partial charge in [-0.1, -0.05) is 12.1 Å². The van der Waals surface area contributed by atoms with E-state index in [1.54, 1.807) is 24.3 Å².